The second-order valence-electron chi connectivity index (χ2n) is 6.71. The zero-order valence-corrected chi connectivity index (χ0v) is 12.7. The zero-order valence-electron chi connectivity index (χ0n) is 12.7. The minimum absolute atomic E-state index is 0.556. The molecule has 0 bridgehead atoms. The van der Waals surface area contributed by atoms with Crippen LogP contribution in [0.25, 0.3) is 0 Å². The molecule has 0 heterocycles. The fourth-order valence-corrected chi connectivity index (χ4v) is 3.52. The molecule has 2 unspecified atom stereocenters. The van der Waals surface area contributed by atoms with Crippen LogP contribution in [0.4, 0.5) is 0 Å². The van der Waals surface area contributed by atoms with Crippen LogP contribution < -0.4 is 5.32 Å². The molecule has 0 radical (unpaired) electrons. The van der Waals surface area contributed by atoms with Crippen LogP contribution in [0.5, 0.6) is 0 Å². The van der Waals surface area contributed by atoms with Gasteiger partial charge in [0.2, 0.25) is 0 Å². The van der Waals surface area contributed by atoms with E-state index in [-0.39, 0.29) is 0 Å². The Labute approximate surface area is 109 Å². The van der Waals surface area contributed by atoms with Crippen molar-refractivity contribution in [2.45, 2.75) is 73.1 Å². The summed E-state index contributed by atoms with van der Waals surface area (Å²) in [4.78, 5) is 0. The Morgan fingerprint density at radius 2 is 1.65 bits per heavy atom. The van der Waals surface area contributed by atoms with Crippen molar-refractivity contribution < 1.29 is 0 Å². The molecular weight excluding hydrogens is 206 g/mol. The molecule has 1 fully saturated rings. The lowest BCUT2D eigenvalue weighted by Crippen LogP contribution is -2.20. The molecule has 1 rings (SSSR count). The first-order chi connectivity index (χ1) is 8.00. The second-order valence-corrected chi connectivity index (χ2v) is 6.71. The van der Waals surface area contributed by atoms with Gasteiger partial charge >= 0.3 is 0 Å². The van der Waals surface area contributed by atoms with Gasteiger partial charge in [-0.25, -0.2) is 0 Å². The molecule has 2 atom stereocenters. The Kier molecular flexibility index (Phi) is 5.50. The highest BCUT2D eigenvalue weighted by Gasteiger charge is 2.66. The molecule has 1 heteroatoms. The predicted octanol–water partition coefficient (Wildman–Crippen LogP) is 4.62. The fourth-order valence-electron chi connectivity index (χ4n) is 3.52. The normalized spacial score (nSPS) is 30.5. The van der Waals surface area contributed by atoms with Gasteiger partial charge in [-0.2, -0.15) is 0 Å². The summed E-state index contributed by atoms with van der Waals surface area (Å²) in [6.45, 7) is 14.4. The Hall–Kier alpha value is -0.0400. The van der Waals surface area contributed by atoms with Crippen molar-refractivity contribution in [3.8, 4) is 0 Å². The largest absolute Gasteiger partial charge is 0.316 e. The van der Waals surface area contributed by atoms with Crippen LogP contribution in [0.15, 0.2) is 0 Å². The van der Waals surface area contributed by atoms with Crippen LogP contribution in [0, 0.1) is 16.7 Å². The molecule has 0 saturated heterocycles. The number of hydrogen-bond donors (Lipinski definition) is 1. The van der Waals surface area contributed by atoms with Gasteiger partial charge in [0.05, 0.1) is 0 Å². The first-order valence-electron chi connectivity index (χ1n) is 7.71. The van der Waals surface area contributed by atoms with Crippen molar-refractivity contribution in [3.63, 3.8) is 0 Å². The molecule has 0 aliphatic heterocycles. The van der Waals surface area contributed by atoms with Crippen molar-refractivity contribution in [2.75, 3.05) is 13.1 Å². The molecule has 0 amide bonds. The number of hydrogen-bond acceptors (Lipinski definition) is 1. The summed E-state index contributed by atoms with van der Waals surface area (Å²) in [7, 11) is 0. The van der Waals surface area contributed by atoms with E-state index in [4.69, 9.17) is 0 Å². The lowest BCUT2D eigenvalue weighted by molar-refractivity contribution is 0.368. The van der Waals surface area contributed by atoms with Crippen LogP contribution in [0.2, 0.25) is 0 Å². The van der Waals surface area contributed by atoms with Crippen LogP contribution in [0.1, 0.15) is 73.1 Å². The third kappa shape index (κ3) is 3.24. The minimum atomic E-state index is 0.556. The summed E-state index contributed by atoms with van der Waals surface area (Å²) in [6, 6.07) is 0. The van der Waals surface area contributed by atoms with Gasteiger partial charge in [0, 0.05) is 0 Å². The first-order valence-corrected chi connectivity index (χ1v) is 7.71. The van der Waals surface area contributed by atoms with Crippen molar-refractivity contribution >= 4 is 0 Å². The van der Waals surface area contributed by atoms with Gasteiger partial charge in [0.25, 0.3) is 0 Å². The topological polar surface area (TPSA) is 12.0 Å². The van der Waals surface area contributed by atoms with Gasteiger partial charge in [0.1, 0.15) is 0 Å². The van der Waals surface area contributed by atoms with Crippen LogP contribution in [-0.4, -0.2) is 13.1 Å². The smallest absolute Gasteiger partial charge is 0.000978 e. The van der Waals surface area contributed by atoms with Crippen molar-refractivity contribution in [1.82, 2.24) is 5.32 Å². The standard InChI is InChI=1S/C16H33N/c1-6-8-9-10-11-16(5)14(15(16,3)4)13-17-12-7-2/h14,17H,6-13H2,1-5H3. The fraction of sp³-hybridized carbons (Fsp3) is 1.00. The van der Waals surface area contributed by atoms with Gasteiger partial charge in [-0.1, -0.05) is 60.3 Å². The summed E-state index contributed by atoms with van der Waals surface area (Å²) >= 11 is 0. The zero-order chi connectivity index (χ0) is 12.9. The summed E-state index contributed by atoms with van der Waals surface area (Å²) in [5.41, 5.74) is 1.15. The van der Waals surface area contributed by atoms with E-state index in [9.17, 15) is 0 Å². The minimum Gasteiger partial charge on any atom is -0.316 e. The molecule has 0 spiro atoms. The van der Waals surface area contributed by atoms with Crippen LogP contribution in [-0.2, 0) is 0 Å². The van der Waals surface area contributed by atoms with Gasteiger partial charge in [0.15, 0.2) is 0 Å². The summed E-state index contributed by atoms with van der Waals surface area (Å²) in [5.74, 6) is 0.892. The molecular formula is C16H33N. The number of nitrogens with one attached hydrogen (secondary N) is 1. The summed E-state index contributed by atoms with van der Waals surface area (Å²) in [6.07, 6.45) is 8.30. The number of rotatable bonds is 9. The van der Waals surface area contributed by atoms with Gasteiger partial charge < -0.3 is 5.32 Å². The third-order valence-corrected chi connectivity index (χ3v) is 5.35. The average molecular weight is 239 g/mol. The van der Waals surface area contributed by atoms with Crippen LogP contribution in [0.3, 0.4) is 0 Å². The highest BCUT2D eigenvalue weighted by molar-refractivity contribution is 5.15. The van der Waals surface area contributed by atoms with Crippen LogP contribution >= 0.6 is 0 Å². The predicted molar refractivity (Wildman–Crippen MR) is 77.3 cm³/mol. The molecule has 102 valence electrons. The van der Waals surface area contributed by atoms with Gasteiger partial charge in [-0.3, -0.25) is 0 Å². The maximum atomic E-state index is 3.61. The maximum Gasteiger partial charge on any atom is -0.000978 e. The molecule has 1 nitrogen and oxygen atoms in total. The van der Waals surface area contributed by atoms with Gasteiger partial charge in [-0.15, -0.1) is 0 Å². The van der Waals surface area contributed by atoms with E-state index in [1.54, 1.807) is 0 Å². The SMILES string of the molecule is CCCCCCC1(C)C(CNCCC)C1(C)C. The average Bonchev–Trinajstić information content (AvgIpc) is 2.70. The lowest BCUT2D eigenvalue weighted by atomic mass is 9.91. The van der Waals surface area contributed by atoms with E-state index >= 15 is 0 Å². The molecule has 1 N–H and O–H groups in total. The van der Waals surface area contributed by atoms with E-state index < -0.39 is 0 Å². The molecule has 0 aromatic heterocycles. The molecule has 1 aliphatic rings. The quantitative estimate of drug-likeness (QED) is 0.579. The molecule has 0 aromatic rings. The molecule has 0 aromatic carbocycles. The highest BCUT2D eigenvalue weighted by atomic mass is 14.9. The number of unbranched alkanes of at least 4 members (excludes halogenated alkanes) is 3. The summed E-state index contributed by atoms with van der Waals surface area (Å²) < 4.78 is 0. The van der Waals surface area contributed by atoms with Crippen molar-refractivity contribution in [2.24, 2.45) is 16.7 Å². The molecule has 17 heavy (non-hydrogen) atoms. The highest BCUT2D eigenvalue weighted by Crippen LogP contribution is 2.70. The molecule has 1 saturated carbocycles. The maximum absolute atomic E-state index is 3.61. The summed E-state index contributed by atoms with van der Waals surface area (Å²) in [5, 5.41) is 3.61. The Morgan fingerprint density at radius 1 is 0.941 bits per heavy atom. The van der Waals surface area contributed by atoms with E-state index in [0.717, 1.165) is 5.92 Å². The Balaban J connectivity index is 2.30. The third-order valence-electron chi connectivity index (χ3n) is 5.35. The van der Waals surface area contributed by atoms with Crippen molar-refractivity contribution in [3.05, 3.63) is 0 Å². The Morgan fingerprint density at radius 3 is 2.24 bits per heavy atom. The lowest BCUT2D eigenvalue weighted by Gasteiger charge is -2.14. The van der Waals surface area contributed by atoms with E-state index in [0.29, 0.717) is 10.8 Å². The van der Waals surface area contributed by atoms with E-state index in [2.05, 4.69) is 39.9 Å². The van der Waals surface area contributed by atoms with Crippen molar-refractivity contribution in [1.29, 1.82) is 0 Å². The Bertz CT molecular complexity index is 222. The first kappa shape index (κ1) is 15.0. The van der Waals surface area contributed by atoms with E-state index in [1.807, 2.05) is 0 Å². The van der Waals surface area contributed by atoms with E-state index in [1.165, 1.54) is 51.6 Å². The molecule has 1 aliphatic carbocycles. The van der Waals surface area contributed by atoms with Gasteiger partial charge in [-0.05, 0) is 42.7 Å². The second kappa shape index (κ2) is 6.22. The monoisotopic (exact) mass is 239 g/mol.